The molecule has 0 aliphatic carbocycles. The highest BCUT2D eigenvalue weighted by atomic mass is 16.1. The summed E-state index contributed by atoms with van der Waals surface area (Å²) in [6.07, 6.45) is 1.92. The molecule has 0 atom stereocenters. The van der Waals surface area contributed by atoms with Gasteiger partial charge in [0.1, 0.15) is 0 Å². The molecule has 5 nitrogen and oxygen atoms in total. The largest absolute Gasteiger partial charge is 0.359 e. The third-order valence-electron chi connectivity index (χ3n) is 1.51. The zero-order valence-corrected chi connectivity index (χ0v) is 7.93. The summed E-state index contributed by atoms with van der Waals surface area (Å²) in [5, 5.41) is 8.15. The molecule has 0 aliphatic rings. The molecule has 0 saturated carbocycles. The third kappa shape index (κ3) is 8.81. The first kappa shape index (κ1) is 11.9. The van der Waals surface area contributed by atoms with Gasteiger partial charge in [0.05, 0.1) is 0 Å². The molecule has 0 aromatic carbocycles. The Balaban J connectivity index is 3.12. The molecule has 0 saturated heterocycles. The van der Waals surface area contributed by atoms with Gasteiger partial charge in [0.25, 0.3) is 0 Å². The van der Waals surface area contributed by atoms with Gasteiger partial charge in [-0.3, -0.25) is 9.59 Å². The fraction of sp³-hybridized carbons (Fsp3) is 0.750. The van der Waals surface area contributed by atoms with Crippen molar-refractivity contribution in [2.75, 3.05) is 26.7 Å². The number of rotatable bonds is 8. The smallest absolute Gasteiger partial charge is 0.221 e. The molecule has 0 fully saturated rings. The average Bonchev–Trinajstić information content (AvgIpc) is 2.14. The van der Waals surface area contributed by atoms with Crippen LogP contribution in [0.5, 0.6) is 0 Å². The lowest BCUT2D eigenvalue weighted by atomic mass is 10.3. The van der Waals surface area contributed by atoms with E-state index in [9.17, 15) is 9.59 Å². The topological polar surface area (TPSA) is 70.2 Å². The number of carbonyl (C=O) groups excluding carboxylic acids is 2. The first-order chi connectivity index (χ1) is 6.31. The van der Waals surface area contributed by atoms with Crippen LogP contribution >= 0.6 is 0 Å². The lowest BCUT2D eigenvalue weighted by molar-refractivity contribution is -0.120. The Bertz CT molecular complexity index is 150. The molecule has 0 aromatic heterocycles. The van der Waals surface area contributed by atoms with Gasteiger partial charge in [-0.15, -0.1) is 0 Å². The molecule has 0 aromatic rings. The lowest BCUT2D eigenvalue weighted by Gasteiger charge is -2.03. The summed E-state index contributed by atoms with van der Waals surface area (Å²) in [5.74, 6) is 0.0421. The third-order valence-corrected chi connectivity index (χ3v) is 1.51. The van der Waals surface area contributed by atoms with Crippen LogP contribution in [0.1, 0.15) is 12.8 Å². The summed E-state index contributed by atoms with van der Waals surface area (Å²) in [4.78, 5) is 20.8. The van der Waals surface area contributed by atoms with Crippen molar-refractivity contribution >= 4 is 12.3 Å². The summed E-state index contributed by atoms with van der Waals surface area (Å²) < 4.78 is 0. The minimum absolute atomic E-state index is 0.0421. The van der Waals surface area contributed by atoms with Crippen LogP contribution in [0.25, 0.3) is 0 Å². The maximum Gasteiger partial charge on any atom is 0.221 e. The Morgan fingerprint density at radius 1 is 1.31 bits per heavy atom. The van der Waals surface area contributed by atoms with Gasteiger partial charge in [0, 0.05) is 26.1 Å². The molecule has 76 valence electrons. The van der Waals surface area contributed by atoms with E-state index in [2.05, 4.69) is 16.0 Å². The SMILES string of the molecule is CNCCC(=O)NCCCNC=O. The number of hydrogen-bond donors (Lipinski definition) is 3. The van der Waals surface area contributed by atoms with Gasteiger partial charge in [0.15, 0.2) is 0 Å². The number of hydrogen-bond acceptors (Lipinski definition) is 3. The Morgan fingerprint density at radius 3 is 2.69 bits per heavy atom. The molecule has 0 unspecified atom stereocenters. The van der Waals surface area contributed by atoms with Crippen LogP contribution in [-0.4, -0.2) is 39.0 Å². The van der Waals surface area contributed by atoms with Crippen molar-refractivity contribution in [3.63, 3.8) is 0 Å². The molecule has 5 heteroatoms. The minimum Gasteiger partial charge on any atom is -0.359 e. The standard InChI is InChI=1S/C8H17N3O2/c1-9-6-3-8(13)11-5-2-4-10-7-12/h7,9H,2-6H2,1H3,(H,10,12)(H,11,13). The molecule has 0 heterocycles. The van der Waals surface area contributed by atoms with E-state index in [1.165, 1.54) is 0 Å². The number of carbonyl (C=O) groups is 2. The molecule has 0 bridgehead atoms. The van der Waals surface area contributed by atoms with Gasteiger partial charge in [-0.25, -0.2) is 0 Å². The van der Waals surface area contributed by atoms with Crippen LogP contribution in [0.2, 0.25) is 0 Å². The molecule has 3 N–H and O–H groups in total. The van der Waals surface area contributed by atoms with Gasteiger partial charge in [-0.05, 0) is 13.5 Å². The van der Waals surface area contributed by atoms with Crippen molar-refractivity contribution in [2.24, 2.45) is 0 Å². The first-order valence-corrected chi connectivity index (χ1v) is 4.39. The zero-order chi connectivity index (χ0) is 9.94. The van der Waals surface area contributed by atoms with E-state index in [4.69, 9.17) is 0 Å². The predicted molar refractivity (Wildman–Crippen MR) is 50.2 cm³/mol. The van der Waals surface area contributed by atoms with Crippen LogP contribution in [0, 0.1) is 0 Å². The van der Waals surface area contributed by atoms with E-state index >= 15 is 0 Å². The van der Waals surface area contributed by atoms with Crippen molar-refractivity contribution in [1.82, 2.24) is 16.0 Å². The monoisotopic (exact) mass is 187 g/mol. The van der Waals surface area contributed by atoms with Crippen molar-refractivity contribution < 1.29 is 9.59 Å². The van der Waals surface area contributed by atoms with Gasteiger partial charge in [0.2, 0.25) is 12.3 Å². The van der Waals surface area contributed by atoms with Gasteiger partial charge in [-0.1, -0.05) is 0 Å². The van der Waals surface area contributed by atoms with Crippen molar-refractivity contribution in [1.29, 1.82) is 0 Å². The molecule has 0 rings (SSSR count). The van der Waals surface area contributed by atoms with Crippen LogP contribution in [-0.2, 0) is 9.59 Å². The molecule has 0 aliphatic heterocycles. The van der Waals surface area contributed by atoms with Crippen molar-refractivity contribution in [3.8, 4) is 0 Å². The maximum absolute atomic E-state index is 11.0. The Labute approximate surface area is 78.3 Å². The van der Waals surface area contributed by atoms with Gasteiger partial charge < -0.3 is 16.0 Å². The van der Waals surface area contributed by atoms with E-state index in [0.717, 1.165) is 6.42 Å². The predicted octanol–water partition coefficient (Wildman–Crippen LogP) is -1.15. The van der Waals surface area contributed by atoms with Crippen LogP contribution in [0.15, 0.2) is 0 Å². The van der Waals surface area contributed by atoms with E-state index in [0.29, 0.717) is 32.5 Å². The van der Waals surface area contributed by atoms with E-state index < -0.39 is 0 Å². The fourth-order valence-electron chi connectivity index (χ4n) is 0.804. The second kappa shape index (κ2) is 8.99. The average molecular weight is 187 g/mol. The van der Waals surface area contributed by atoms with E-state index in [1.807, 2.05) is 0 Å². The highest BCUT2D eigenvalue weighted by Crippen LogP contribution is 1.78. The summed E-state index contributed by atoms with van der Waals surface area (Å²) in [7, 11) is 1.81. The van der Waals surface area contributed by atoms with Crippen LogP contribution < -0.4 is 16.0 Å². The summed E-state index contributed by atoms with van der Waals surface area (Å²) in [6, 6.07) is 0. The fourth-order valence-corrected chi connectivity index (χ4v) is 0.804. The number of nitrogens with one attached hydrogen (secondary N) is 3. The minimum atomic E-state index is 0.0421. The molecule has 2 amide bonds. The van der Waals surface area contributed by atoms with E-state index in [-0.39, 0.29) is 5.91 Å². The van der Waals surface area contributed by atoms with Crippen LogP contribution in [0.4, 0.5) is 0 Å². The van der Waals surface area contributed by atoms with E-state index in [1.54, 1.807) is 7.05 Å². The molecule has 0 radical (unpaired) electrons. The summed E-state index contributed by atoms with van der Waals surface area (Å²) in [6.45, 7) is 1.91. The lowest BCUT2D eigenvalue weighted by Crippen LogP contribution is -2.29. The summed E-state index contributed by atoms with van der Waals surface area (Å²) in [5.41, 5.74) is 0. The molecule has 0 spiro atoms. The van der Waals surface area contributed by atoms with Crippen molar-refractivity contribution in [2.45, 2.75) is 12.8 Å². The van der Waals surface area contributed by atoms with Crippen molar-refractivity contribution in [3.05, 3.63) is 0 Å². The Morgan fingerprint density at radius 2 is 2.08 bits per heavy atom. The first-order valence-electron chi connectivity index (χ1n) is 4.39. The molecular weight excluding hydrogens is 170 g/mol. The number of amides is 2. The molecular formula is C8H17N3O2. The summed E-state index contributed by atoms with van der Waals surface area (Å²) >= 11 is 0. The quantitative estimate of drug-likeness (QED) is 0.332. The second-order valence-corrected chi connectivity index (χ2v) is 2.63. The Kier molecular flexibility index (Phi) is 8.23. The zero-order valence-electron chi connectivity index (χ0n) is 7.93. The second-order valence-electron chi connectivity index (χ2n) is 2.63. The normalized spacial score (nSPS) is 9.31. The molecule has 13 heavy (non-hydrogen) atoms. The maximum atomic E-state index is 11.0. The van der Waals surface area contributed by atoms with Gasteiger partial charge >= 0.3 is 0 Å². The highest BCUT2D eigenvalue weighted by Gasteiger charge is 1.97. The highest BCUT2D eigenvalue weighted by molar-refractivity contribution is 5.75. The van der Waals surface area contributed by atoms with Gasteiger partial charge in [-0.2, -0.15) is 0 Å². The van der Waals surface area contributed by atoms with Crippen LogP contribution in [0.3, 0.4) is 0 Å². The Hall–Kier alpha value is -1.10.